The van der Waals surface area contributed by atoms with Crippen molar-refractivity contribution in [2.45, 2.75) is 12.1 Å². The number of nitrogens with zero attached hydrogens (tertiary/aromatic N) is 1. The third-order valence-electron chi connectivity index (χ3n) is 3.76. The van der Waals surface area contributed by atoms with Gasteiger partial charge in [0, 0.05) is 24.7 Å². The van der Waals surface area contributed by atoms with Gasteiger partial charge in [0.15, 0.2) is 6.61 Å². The Hall–Kier alpha value is -1.01. The number of carbonyl (C=O) groups excluding carboxylic acids is 1. The lowest BCUT2D eigenvalue weighted by molar-refractivity contribution is -0.144. The van der Waals surface area contributed by atoms with E-state index in [0.717, 1.165) is 13.1 Å². The van der Waals surface area contributed by atoms with E-state index in [2.05, 4.69) is 5.32 Å². The number of ether oxygens (including phenoxy) is 2. The van der Waals surface area contributed by atoms with E-state index in [1.807, 2.05) is 4.90 Å². The zero-order valence-electron chi connectivity index (χ0n) is 11.4. The maximum Gasteiger partial charge on any atom is 0.260 e. The van der Waals surface area contributed by atoms with Gasteiger partial charge in [-0.1, -0.05) is 23.2 Å². The Morgan fingerprint density at radius 2 is 2.29 bits per heavy atom. The molecule has 1 amide bonds. The van der Waals surface area contributed by atoms with E-state index in [9.17, 15) is 4.79 Å². The summed E-state index contributed by atoms with van der Waals surface area (Å²) in [5.41, 5.74) is 0. The molecule has 1 N–H and O–H groups in total. The van der Waals surface area contributed by atoms with E-state index < -0.39 is 0 Å². The summed E-state index contributed by atoms with van der Waals surface area (Å²) < 4.78 is 11.2. The lowest BCUT2D eigenvalue weighted by Gasteiger charge is -2.36. The maximum atomic E-state index is 12.3. The van der Waals surface area contributed by atoms with Crippen LogP contribution in [0.25, 0.3) is 0 Å². The Morgan fingerprint density at radius 3 is 3.10 bits per heavy atom. The number of carbonyl (C=O) groups is 1. The zero-order valence-corrected chi connectivity index (χ0v) is 12.9. The van der Waals surface area contributed by atoms with E-state index in [1.165, 1.54) is 0 Å². The van der Waals surface area contributed by atoms with Crippen LogP contribution in [0.2, 0.25) is 10.0 Å². The molecule has 5 nitrogen and oxygen atoms in total. The van der Waals surface area contributed by atoms with Gasteiger partial charge in [0.25, 0.3) is 5.91 Å². The summed E-state index contributed by atoms with van der Waals surface area (Å²) in [6, 6.07) is 5.03. The van der Waals surface area contributed by atoms with Crippen molar-refractivity contribution in [2.24, 2.45) is 0 Å². The fourth-order valence-electron chi connectivity index (χ4n) is 2.71. The molecule has 0 unspecified atom stereocenters. The topological polar surface area (TPSA) is 50.8 Å². The number of amides is 1. The van der Waals surface area contributed by atoms with Crippen molar-refractivity contribution in [1.29, 1.82) is 0 Å². The molecule has 114 valence electrons. The molecule has 0 bridgehead atoms. The summed E-state index contributed by atoms with van der Waals surface area (Å²) in [7, 11) is 0. The molecule has 2 heterocycles. The number of fused-ring (bicyclic) bond motifs is 1. The number of morpholine rings is 1. The third kappa shape index (κ3) is 3.26. The molecular formula is C14H16Cl2N2O3. The van der Waals surface area contributed by atoms with Gasteiger partial charge in [-0.15, -0.1) is 0 Å². The summed E-state index contributed by atoms with van der Waals surface area (Å²) in [6.45, 7) is 2.68. The number of rotatable bonds is 3. The highest BCUT2D eigenvalue weighted by molar-refractivity contribution is 6.35. The molecular weight excluding hydrogens is 315 g/mol. The number of nitrogens with one attached hydrogen (secondary N) is 1. The van der Waals surface area contributed by atoms with E-state index in [4.69, 9.17) is 32.7 Å². The summed E-state index contributed by atoms with van der Waals surface area (Å²) in [5.74, 6) is 0.409. The second kappa shape index (κ2) is 6.40. The Morgan fingerprint density at radius 1 is 1.43 bits per heavy atom. The Balaban J connectivity index is 1.61. The molecule has 2 aliphatic rings. The van der Waals surface area contributed by atoms with Crippen molar-refractivity contribution in [3.8, 4) is 5.75 Å². The summed E-state index contributed by atoms with van der Waals surface area (Å²) in [6.07, 6.45) is 0.0850. The Labute approximate surface area is 133 Å². The second-order valence-electron chi connectivity index (χ2n) is 5.09. The molecule has 2 saturated heterocycles. The zero-order chi connectivity index (χ0) is 14.8. The van der Waals surface area contributed by atoms with Gasteiger partial charge >= 0.3 is 0 Å². The summed E-state index contributed by atoms with van der Waals surface area (Å²) in [4.78, 5) is 14.2. The molecule has 0 radical (unpaired) electrons. The molecule has 2 fully saturated rings. The lowest BCUT2D eigenvalue weighted by atomic mass is 10.1. The molecule has 0 aliphatic carbocycles. The van der Waals surface area contributed by atoms with Crippen LogP contribution >= 0.6 is 23.2 Å². The van der Waals surface area contributed by atoms with Crippen LogP contribution in [0.1, 0.15) is 0 Å². The van der Waals surface area contributed by atoms with Crippen LogP contribution in [0, 0.1) is 0 Å². The average Bonchev–Trinajstić information content (AvgIpc) is 2.94. The summed E-state index contributed by atoms with van der Waals surface area (Å²) in [5, 5.41) is 4.18. The molecule has 2 atom stereocenters. The second-order valence-corrected chi connectivity index (χ2v) is 5.93. The first kappa shape index (κ1) is 14.9. The van der Waals surface area contributed by atoms with Crippen molar-refractivity contribution in [2.75, 3.05) is 32.8 Å². The highest BCUT2D eigenvalue weighted by Crippen LogP contribution is 2.27. The first-order valence-corrected chi connectivity index (χ1v) is 7.60. The number of halogens is 2. The standard InChI is InChI=1S/C14H16Cl2N2O3/c15-9-1-2-12(10(16)5-9)21-8-14(19)18-3-4-20-13-7-17-6-11(13)18/h1-2,5,11,13,17H,3-4,6-8H2/t11-,13+/m1/s1. The minimum atomic E-state index is -0.0528. The van der Waals surface area contributed by atoms with Gasteiger partial charge in [-0.05, 0) is 18.2 Å². The number of hydrogen-bond donors (Lipinski definition) is 1. The van der Waals surface area contributed by atoms with Gasteiger partial charge in [-0.2, -0.15) is 0 Å². The molecule has 1 aromatic rings. The Bertz CT molecular complexity index is 541. The van der Waals surface area contributed by atoms with Gasteiger partial charge in [-0.25, -0.2) is 0 Å². The monoisotopic (exact) mass is 330 g/mol. The predicted molar refractivity (Wildman–Crippen MR) is 80.1 cm³/mol. The minimum Gasteiger partial charge on any atom is -0.482 e. The van der Waals surface area contributed by atoms with Crippen molar-refractivity contribution in [1.82, 2.24) is 10.2 Å². The van der Waals surface area contributed by atoms with Crippen LogP contribution in [-0.2, 0) is 9.53 Å². The van der Waals surface area contributed by atoms with Crippen molar-refractivity contribution in [3.63, 3.8) is 0 Å². The van der Waals surface area contributed by atoms with Gasteiger partial charge in [0.1, 0.15) is 5.75 Å². The fourth-order valence-corrected chi connectivity index (χ4v) is 3.18. The SMILES string of the molecule is O=C(COc1ccc(Cl)cc1Cl)N1CCO[C@H]2CNC[C@H]21. The number of hydrogen-bond acceptors (Lipinski definition) is 4. The average molecular weight is 331 g/mol. The van der Waals surface area contributed by atoms with Crippen molar-refractivity contribution < 1.29 is 14.3 Å². The highest BCUT2D eigenvalue weighted by atomic mass is 35.5. The van der Waals surface area contributed by atoms with E-state index in [-0.39, 0.29) is 24.7 Å². The predicted octanol–water partition coefficient (Wildman–Crippen LogP) is 1.57. The lowest BCUT2D eigenvalue weighted by Crippen LogP contribution is -2.54. The van der Waals surface area contributed by atoms with E-state index >= 15 is 0 Å². The molecule has 7 heteroatoms. The highest BCUT2D eigenvalue weighted by Gasteiger charge is 2.38. The Kier molecular flexibility index (Phi) is 4.54. The van der Waals surface area contributed by atoms with Crippen LogP contribution in [0.4, 0.5) is 0 Å². The molecule has 21 heavy (non-hydrogen) atoms. The van der Waals surface area contributed by atoms with Crippen LogP contribution < -0.4 is 10.1 Å². The normalized spacial score (nSPS) is 24.8. The third-order valence-corrected chi connectivity index (χ3v) is 4.29. The number of benzene rings is 1. The van der Waals surface area contributed by atoms with Crippen LogP contribution in [0.5, 0.6) is 5.75 Å². The quantitative estimate of drug-likeness (QED) is 0.914. The molecule has 0 aromatic heterocycles. The molecule has 0 saturated carbocycles. The van der Waals surface area contributed by atoms with Gasteiger partial charge < -0.3 is 19.7 Å². The van der Waals surface area contributed by atoms with Crippen LogP contribution in [-0.4, -0.2) is 55.8 Å². The van der Waals surface area contributed by atoms with E-state index in [0.29, 0.717) is 28.9 Å². The largest absolute Gasteiger partial charge is 0.482 e. The molecule has 1 aromatic carbocycles. The first-order valence-electron chi connectivity index (χ1n) is 6.85. The van der Waals surface area contributed by atoms with Gasteiger partial charge in [0.05, 0.1) is 23.8 Å². The van der Waals surface area contributed by atoms with Crippen molar-refractivity contribution in [3.05, 3.63) is 28.2 Å². The molecule has 2 aliphatic heterocycles. The van der Waals surface area contributed by atoms with Crippen LogP contribution in [0.3, 0.4) is 0 Å². The summed E-state index contributed by atoms with van der Waals surface area (Å²) >= 11 is 11.8. The minimum absolute atomic E-state index is 0.0371. The van der Waals surface area contributed by atoms with Crippen LogP contribution in [0.15, 0.2) is 18.2 Å². The fraction of sp³-hybridized carbons (Fsp3) is 0.500. The van der Waals surface area contributed by atoms with Gasteiger partial charge in [0.2, 0.25) is 0 Å². The first-order chi connectivity index (χ1) is 10.1. The van der Waals surface area contributed by atoms with Crippen molar-refractivity contribution >= 4 is 29.1 Å². The van der Waals surface area contributed by atoms with Gasteiger partial charge in [-0.3, -0.25) is 4.79 Å². The maximum absolute atomic E-state index is 12.3. The van der Waals surface area contributed by atoms with E-state index in [1.54, 1.807) is 18.2 Å². The smallest absolute Gasteiger partial charge is 0.260 e. The molecule has 3 rings (SSSR count). The molecule has 0 spiro atoms.